The number of hydrogen-bond acceptors (Lipinski definition) is 5. The van der Waals surface area contributed by atoms with Crippen LogP contribution in [0.4, 0.5) is 15.9 Å². The van der Waals surface area contributed by atoms with Crippen molar-refractivity contribution in [2.45, 2.75) is 19.6 Å². The van der Waals surface area contributed by atoms with Crippen LogP contribution in [0.1, 0.15) is 24.2 Å². The standard InChI is InChI=1S/C24H24Cl2FN3O2/c1-16(22-19(25)8-9-20(27)23(22)26)32-21-3-2-10-28-24(21)29-18-6-4-17(5-7-18)15-30-11-13-31-14-12-30/h2-10,16H,11-15H2,1H3,(H,28,29). The molecule has 8 heteroatoms. The second-order valence-corrected chi connectivity index (χ2v) is 8.36. The molecular formula is C24H24Cl2FN3O2. The fourth-order valence-electron chi connectivity index (χ4n) is 3.59. The Morgan fingerprint density at radius 2 is 1.88 bits per heavy atom. The number of ether oxygens (including phenoxy) is 2. The Labute approximate surface area is 197 Å². The van der Waals surface area contributed by atoms with Gasteiger partial charge in [0.1, 0.15) is 11.9 Å². The first-order valence-electron chi connectivity index (χ1n) is 10.4. The molecule has 168 valence electrons. The Morgan fingerprint density at radius 1 is 1.12 bits per heavy atom. The van der Waals surface area contributed by atoms with E-state index in [0.717, 1.165) is 38.5 Å². The molecule has 1 aromatic heterocycles. The Balaban J connectivity index is 1.46. The highest BCUT2D eigenvalue weighted by Crippen LogP contribution is 2.36. The van der Waals surface area contributed by atoms with E-state index in [1.165, 1.54) is 17.7 Å². The Bertz CT molecular complexity index is 1060. The van der Waals surface area contributed by atoms with E-state index in [4.69, 9.17) is 32.7 Å². The summed E-state index contributed by atoms with van der Waals surface area (Å²) in [6.07, 6.45) is 1.10. The van der Waals surface area contributed by atoms with Crippen LogP contribution in [0.25, 0.3) is 0 Å². The van der Waals surface area contributed by atoms with E-state index in [1.54, 1.807) is 25.3 Å². The van der Waals surface area contributed by atoms with E-state index >= 15 is 0 Å². The molecule has 2 aromatic carbocycles. The van der Waals surface area contributed by atoms with Gasteiger partial charge in [0.25, 0.3) is 0 Å². The van der Waals surface area contributed by atoms with Gasteiger partial charge in [-0.15, -0.1) is 0 Å². The summed E-state index contributed by atoms with van der Waals surface area (Å²) in [5.74, 6) is 0.515. The first kappa shape index (κ1) is 22.8. The number of hydrogen-bond donors (Lipinski definition) is 1. The van der Waals surface area contributed by atoms with Gasteiger partial charge < -0.3 is 14.8 Å². The van der Waals surface area contributed by atoms with E-state index < -0.39 is 11.9 Å². The molecule has 4 rings (SSSR count). The van der Waals surface area contributed by atoms with Crippen LogP contribution >= 0.6 is 23.2 Å². The Morgan fingerprint density at radius 3 is 2.62 bits per heavy atom. The minimum Gasteiger partial charge on any atom is -0.482 e. The summed E-state index contributed by atoms with van der Waals surface area (Å²) < 4.78 is 25.4. The third-order valence-electron chi connectivity index (χ3n) is 5.29. The highest BCUT2D eigenvalue weighted by atomic mass is 35.5. The number of benzene rings is 2. The van der Waals surface area contributed by atoms with Crippen LogP contribution in [-0.4, -0.2) is 36.2 Å². The predicted molar refractivity (Wildman–Crippen MR) is 126 cm³/mol. The molecular weight excluding hydrogens is 452 g/mol. The third kappa shape index (κ3) is 5.51. The van der Waals surface area contributed by atoms with E-state index in [9.17, 15) is 4.39 Å². The van der Waals surface area contributed by atoms with Crippen LogP contribution in [-0.2, 0) is 11.3 Å². The molecule has 5 nitrogen and oxygen atoms in total. The fourth-order valence-corrected chi connectivity index (χ4v) is 4.27. The zero-order chi connectivity index (χ0) is 22.5. The number of halogens is 3. The van der Waals surface area contributed by atoms with Crippen molar-refractivity contribution in [1.29, 1.82) is 0 Å². The summed E-state index contributed by atoms with van der Waals surface area (Å²) >= 11 is 12.4. The average Bonchev–Trinajstić information content (AvgIpc) is 2.80. The zero-order valence-corrected chi connectivity index (χ0v) is 19.2. The number of nitrogens with zero attached hydrogens (tertiary/aromatic N) is 2. The van der Waals surface area contributed by atoms with Gasteiger partial charge in [0.05, 0.1) is 18.2 Å². The maximum atomic E-state index is 13.9. The lowest BCUT2D eigenvalue weighted by molar-refractivity contribution is 0.0342. The Kier molecular flexibility index (Phi) is 7.48. The van der Waals surface area contributed by atoms with E-state index in [2.05, 4.69) is 27.3 Å². The van der Waals surface area contributed by atoms with Crippen molar-refractivity contribution < 1.29 is 13.9 Å². The van der Waals surface area contributed by atoms with Crippen LogP contribution in [0.2, 0.25) is 10.0 Å². The number of rotatable bonds is 7. The number of aromatic nitrogens is 1. The molecule has 2 heterocycles. The van der Waals surface area contributed by atoms with Gasteiger partial charge in [-0.05, 0) is 48.9 Å². The minimum atomic E-state index is -0.577. The molecule has 1 unspecified atom stereocenters. The topological polar surface area (TPSA) is 46.6 Å². The van der Waals surface area contributed by atoms with E-state index in [1.807, 2.05) is 12.1 Å². The molecule has 0 radical (unpaired) electrons. The first-order valence-corrected chi connectivity index (χ1v) is 11.2. The van der Waals surface area contributed by atoms with Crippen molar-refractivity contribution >= 4 is 34.7 Å². The van der Waals surface area contributed by atoms with Gasteiger partial charge in [-0.3, -0.25) is 4.90 Å². The third-order valence-corrected chi connectivity index (χ3v) is 6.00. The zero-order valence-electron chi connectivity index (χ0n) is 17.7. The summed E-state index contributed by atoms with van der Waals surface area (Å²) in [5, 5.41) is 3.59. The molecule has 1 aliphatic rings. The minimum absolute atomic E-state index is 0.0424. The summed E-state index contributed by atoms with van der Waals surface area (Å²) in [6.45, 7) is 6.13. The van der Waals surface area contributed by atoms with Crippen molar-refractivity contribution in [2.75, 3.05) is 31.6 Å². The molecule has 1 N–H and O–H groups in total. The van der Waals surface area contributed by atoms with Gasteiger partial charge in [-0.25, -0.2) is 9.37 Å². The molecule has 1 atom stereocenters. The molecule has 0 spiro atoms. The predicted octanol–water partition coefficient (Wildman–Crippen LogP) is 6.24. The molecule has 0 aliphatic carbocycles. The Hall–Kier alpha value is -2.38. The van der Waals surface area contributed by atoms with Crippen LogP contribution in [0.15, 0.2) is 54.7 Å². The first-order chi connectivity index (χ1) is 15.5. The molecule has 0 bridgehead atoms. The summed E-state index contributed by atoms with van der Waals surface area (Å²) in [4.78, 5) is 6.78. The van der Waals surface area contributed by atoms with Crippen LogP contribution in [0.5, 0.6) is 5.75 Å². The maximum absolute atomic E-state index is 13.9. The molecule has 32 heavy (non-hydrogen) atoms. The van der Waals surface area contributed by atoms with Crippen molar-refractivity contribution in [3.63, 3.8) is 0 Å². The van der Waals surface area contributed by atoms with E-state index in [0.29, 0.717) is 22.2 Å². The number of pyridine rings is 1. The van der Waals surface area contributed by atoms with Gasteiger partial charge in [-0.1, -0.05) is 35.3 Å². The van der Waals surface area contributed by atoms with Crippen LogP contribution in [0, 0.1) is 5.82 Å². The lowest BCUT2D eigenvalue weighted by atomic mass is 10.1. The normalized spacial score (nSPS) is 15.4. The quantitative estimate of drug-likeness (QED) is 0.409. The smallest absolute Gasteiger partial charge is 0.173 e. The largest absolute Gasteiger partial charge is 0.482 e. The second kappa shape index (κ2) is 10.5. The monoisotopic (exact) mass is 475 g/mol. The lowest BCUT2D eigenvalue weighted by Gasteiger charge is -2.26. The molecule has 1 aliphatic heterocycles. The highest BCUT2D eigenvalue weighted by Gasteiger charge is 2.20. The van der Waals surface area contributed by atoms with Gasteiger partial charge >= 0.3 is 0 Å². The molecule has 1 fully saturated rings. The van der Waals surface area contributed by atoms with Gasteiger partial charge in [0, 0.05) is 42.1 Å². The molecule has 1 saturated heterocycles. The van der Waals surface area contributed by atoms with Crippen molar-refractivity contribution in [2.24, 2.45) is 0 Å². The second-order valence-electron chi connectivity index (χ2n) is 7.58. The van der Waals surface area contributed by atoms with E-state index in [-0.39, 0.29) is 5.02 Å². The molecule has 0 amide bonds. The SMILES string of the molecule is CC(Oc1cccnc1Nc1ccc(CN2CCOCC2)cc1)c1c(Cl)ccc(F)c1Cl. The molecule has 0 saturated carbocycles. The summed E-state index contributed by atoms with van der Waals surface area (Å²) in [5.41, 5.74) is 2.52. The van der Waals surface area contributed by atoms with Gasteiger partial charge in [-0.2, -0.15) is 0 Å². The molecule has 3 aromatic rings. The van der Waals surface area contributed by atoms with Crippen molar-refractivity contribution in [1.82, 2.24) is 9.88 Å². The summed E-state index contributed by atoms with van der Waals surface area (Å²) in [7, 11) is 0. The van der Waals surface area contributed by atoms with Crippen molar-refractivity contribution in [3.05, 3.63) is 81.7 Å². The number of morpholine rings is 1. The summed E-state index contributed by atoms with van der Waals surface area (Å²) in [6, 6.07) is 14.5. The van der Waals surface area contributed by atoms with Gasteiger partial charge in [0.2, 0.25) is 0 Å². The maximum Gasteiger partial charge on any atom is 0.173 e. The lowest BCUT2D eigenvalue weighted by Crippen LogP contribution is -2.35. The number of anilines is 2. The average molecular weight is 476 g/mol. The highest BCUT2D eigenvalue weighted by molar-refractivity contribution is 6.36. The van der Waals surface area contributed by atoms with Crippen LogP contribution < -0.4 is 10.1 Å². The number of nitrogens with one attached hydrogen (secondary N) is 1. The van der Waals surface area contributed by atoms with Gasteiger partial charge in [0.15, 0.2) is 11.6 Å². The van der Waals surface area contributed by atoms with Crippen LogP contribution in [0.3, 0.4) is 0 Å². The van der Waals surface area contributed by atoms with Crippen molar-refractivity contribution in [3.8, 4) is 5.75 Å². The fraction of sp³-hybridized carbons (Fsp3) is 0.292.